The van der Waals surface area contributed by atoms with E-state index in [9.17, 15) is 18.0 Å². The lowest BCUT2D eigenvalue weighted by molar-refractivity contribution is -0.137. The van der Waals surface area contributed by atoms with E-state index in [4.69, 9.17) is 4.74 Å². The van der Waals surface area contributed by atoms with Crippen LogP contribution >= 0.6 is 0 Å². The standard InChI is InChI=1S/C17H22F3N3O2/c18-17(19,20)13-3-6-21-15(10-13)23-7-1-2-12(11-23)16(24)22-14-4-8-25-9-5-14/h3,6,10,12,14H,1-2,4-5,7-9,11H2,(H,22,24). The summed E-state index contributed by atoms with van der Waals surface area (Å²) in [4.78, 5) is 18.3. The van der Waals surface area contributed by atoms with Crippen LogP contribution in [0.4, 0.5) is 19.0 Å². The molecule has 1 unspecified atom stereocenters. The highest BCUT2D eigenvalue weighted by Crippen LogP contribution is 2.31. The number of alkyl halides is 3. The molecule has 1 aromatic rings. The number of pyridine rings is 1. The van der Waals surface area contributed by atoms with Crippen LogP contribution in [0.1, 0.15) is 31.2 Å². The fraction of sp³-hybridized carbons (Fsp3) is 0.647. The molecule has 138 valence electrons. The smallest absolute Gasteiger partial charge is 0.381 e. The van der Waals surface area contributed by atoms with Crippen molar-refractivity contribution in [3.8, 4) is 0 Å². The van der Waals surface area contributed by atoms with E-state index < -0.39 is 11.7 Å². The van der Waals surface area contributed by atoms with Gasteiger partial charge in [0.15, 0.2) is 0 Å². The molecule has 0 bridgehead atoms. The highest BCUT2D eigenvalue weighted by atomic mass is 19.4. The van der Waals surface area contributed by atoms with Crippen molar-refractivity contribution in [3.63, 3.8) is 0 Å². The van der Waals surface area contributed by atoms with Crippen LogP contribution in [-0.4, -0.2) is 43.2 Å². The summed E-state index contributed by atoms with van der Waals surface area (Å²) in [5, 5.41) is 3.05. The van der Waals surface area contributed by atoms with Gasteiger partial charge < -0.3 is 15.0 Å². The molecule has 2 aliphatic rings. The summed E-state index contributed by atoms with van der Waals surface area (Å²) in [6.07, 6.45) is -0.125. The Balaban J connectivity index is 1.63. The lowest BCUT2D eigenvalue weighted by Crippen LogP contribution is -2.47. The summed E-state index contributed by atoms with van der Waals surface area (Å²) >= 11 is 0. The van der Waals surface area contributed by atoms with Gasteiger partial charge in [-0.15, -0.1) is 0 Å². The monoisotopic (exact) mass is 357 g/mol. The molecule has 0 spiro atoms. The zero-order valence-electron chi connectivity index (χ0n) is 13.9. The van der Waals surface area contributed by atoms with Gasteiger partial charge in [0, 0.05) is 38.5 Å². The number of anilines is 1. The Morgan fingerprint density at radius 1 is 1.28 bits per heavy atom. The maximum absolute atomic E-state index is 12.9. The zero-order valence-corrected chi connectivity index (χ0v) is 13.9. The van der Waals surface area contributed by atoms with Crippen LogP contribution in [0.15, 0.2) is 18.3 Å². The quantitative estimate of drug-likeness (QED) is 0.904. The molecule has 3 heterocycles. The predicted octanol–water partition coefficient (Wildman–Crippen LogP) is 2.61. The largest absolute Gasteiger partial charge is 0.416 e. The zero-order chi connectivity index (χ0) is 17.9. The summed E-state index contributed by atoms with van der Waals surface area (Å²) in [5.74, 6) is 0.0231. The molecular formula is C17H22F3N3O2. The molecule has 5 nitrogen and oxygen atoms in total. The van der Waals surface area contributed by atoms with Crippen LogP contribution in [0.5, 0.6) is 0 Å². The molecule has 1 amide bonds. The lowest BCUT2D eigenvalue weighted by Gasteiger charge is -2.34. The fourth-order valence-electron chi connectivity index (χ4n) is 3.33. The summed E-state index contributed by atoms with van der Waals surface area (Å²) in [6.45, 7) is 2.30. The summed E-state index contributed by atoms with van der Waals surface area (Å²) in [7, 11) is 0. The van der Waals surface area contributed by atoms with Gasteiger partial charge in [-0.05, 0) is 37.8 Å². The number of nitrogens with one attached hydrogen (secondary N) is 1. The second-order valence-corrected chi connectivity index (χ2v) is 6.58. The Kier molecular flexibility index (Phi) is 5.46. The lowest BCUT2D eigenvalue weighted by atomic mass is 9.96. The first-order chi connectivity index (χ1) is 11.9. The summed E-state index contributed by atoms with van der Waals surface area (Å²) < 4.78 is 43.9. The van der Waals surface area contributed by atoms with Crippen molar-refractivity contribution in [3.05, 3.63) is 23.9 Å². The minimum atomic E-state index is -4.40. The van der Waals surface area contributed by atoms with Crippen LogP contribution in [0.3, 0.4) is 0 Å². The number of nitrogens with zero attached hydrogens (tertiary/aromatic N) is 2. The number of ether oxygens (including phenoxy) is 1. The fourth-order valence-corrected chi connectivity index (χ4v) is 3.33. The molecule has 0 saturated carbocycles. The van der Waals surface area contributed by atoms with Crippen LogP contribution in [0.2, 0.25) is 0 Å². The van der Waals surface area contributed by atoms with E-state index in [1.165, 1.54) is 6.20 Å². The van der Waals surface area contributed by atoms with Gasteiger partial charge in [-0.25, -0.2) is 4.98 Å². The van der Waals surface area contributed by atoms with Crippen molar-refractivity contribution in [2.24, 2.45) is 5.92 Å². The SMILES string of the molecule is O=C(NC1CCOCC1)C1CCCN(c2cc(C(F)(F)F)ccn2)C1. The van der Waals surface area contributed by atoms with Crippen molar-refractivity contribution >= 4 is 11.7 Å². The molecule has 0 aromatic carbocycles. The van der Waals surface area contributed by atoms with E-state index in [-0.39, 0.29) is 23.7 Å². The van der Waals surface area contributed by atoms with Gasteiger partial charge in [0.25, 0.3) is 0 Å². The Hall–Kier alpha value is -1.83. The van der Waals surface area contributed by atoms with E-state index in [1.54, 1.807) is 4.90 Å². The third-order valence-corrected chi connectivity index (χ3v) is 4.76. The number of hydrogen-bond acceptors (Lipinski definition) is 4. The van der Waals surface area contributed by atoms with Crippen molar-refractivity contribution < 1.29 is 22.7 Å². The third kappa shape index (κ3) is 4.62. The maximum Gasteiger partial charge on any atom is 0.416 e. The number of aromatic nitrogens is 1. The molecule has 2 aliphatic heterocycles. The molecule has 2 saturated heterocycles. The van der Waals surface area contributed by atoms with Gasteiger partial charge in [0.2, 0.25) is 5.91 Å². The number of halogens is 3. The molecule has 8 heteroatoms. The number of amides is 1. The molecule has 1 aromatic heterocycles. The Morgan fingerprint density at radius 2 is 2.04 bits per heavy atom. The minimum Gasteiger partial charge on any atom is -0.381 e. The molecule has 2 fully saturated rings. The van der Waals surface area contributed by atoms with Crippen LogP contribution in [0, 0.1) is 5.92 Å². The predicted molar refractivity (Wildman–Crippen MR) is 86.2 cm³/mol. The van der Waals surface area contributed by atoms with Crippen molar-refractivity contribution in [1.29, 1.82) is 0 Å². The van der Waals surface area contributed by atoms with E-state index in [0.29, 0.717) is 26.3 Å². The molecular weight excluding hydrogens is 335 g/mol. The molecule has 0 radical (unpaired) electrons. The van der Waals surface area contributed by atoms with Crippen molar-refractivity contribution in [2.45, 2.75) is 37.9 Å². The Morgan fingerprint density at radius 3 is 2.76 bits per heavy atom. The van der Waals surface area contributed by atoms with Gasteiger partial charge >= 0.3 is 6.18 Å². The highest BCUT2D eigenvalue weighted by Gasteiger charge is 2.33. The van der Waals surface area contributed by atoms with E-state index in [2.05, 4.69) is 10.3 Å². The van der Waals surface area contributed by atoms with Crippen LogP contribution < -0.4 is 10.2 Å². The Bertz CT molecular complexity index is 603. The van der Waals surface area contributed by atoms with E-state index >= 15 is 0 Å². The second kappa shape index (κ2) is 7.59. The average molecular weight is 357 g/mol. The van der Waals surface area contributed by atoms with E-state index in [0.717, 1.165) is 37.8 Å². The number of piperidine rings is 1. The summed E-state index contributed by atoms with van der Waals surface area (Å²) in [5.41, 5.74) is -0.716. The first-order valence-electron chi connectivity index (χ1n) is 8.60. The first-order valence-corrected chi connectivity index (χ1v) is 8.60. The van der Waals surface area contributed by atoms with E-state index in [1.807, 2.05) is 0 Å². The van der Waals surface area contributed by atoms with Crippen molar-refractivity contribution in [2.75, 3.05) is 31.2 Å². The number of carbonyl (C=O) groups excluding carboxylic acids is 1. The number of carbonyl (C=O) groups is 1. The third-order valence-electron chi connectivity index (χ3n) is 4.76. The van der Waals surface area contributed by atoms with Gasteiger partial charge in [0.05, 0.1) is 11.5 Å². The van der Waals surface area contributed by atoms with Gasteiger partial charge in [-0.3, -0.25) is 4.79 Å². The Labute approximate surface area is 144 Å². The number of hydrogen-bond donors (Lipinski definition) is 1. The molecule has 25 heavy (non-hydrogen) atoms. The number of rotatable bonds is 3. The van der Waals surface area contributed by atoms with Gasteiger partial charge in [-0.2, -0.15) is 13.2 Å². The van der Waals surface area contributed by atoms with Gasteiger partial charge in [-0.1, -0.05) is 0 Å². The van der Waals surface area contributed by atoms with Gasteiger partial charge in [0.1, 0.15) is 5.82 Å². The average Bonchev–Trinajstić information content (AvgIpc) is 2.62. The molecule has 0 aliphatic carbocycles. The first kappa shape index (κ1) is 18.0. The van der Waals surface area contributed by atoms with Crippen molar-refractivity contribution in [1.82, 2.24) is 10.3 Å². The molecule has 3 rings (SSSR count). The topological polar surface area (TPSA) is 54.5 Å². The second-order valence-electron chi connectivity index (χ2n) is 6.58. The minimum absolute atomic E-state index is 0.0245. The maximum atomic E-state index is 12.9. The molecule has 1 atom stereocenters. The van der Waals surface area contributed by atoms with Crippen LogP contribution in [0.25, 0.3) is 0 Å². The normalized spacial score (nSPS) is 22.7. The summed E-state index contributed by atoms with van der Waals surface area (Å²) in [6, 6.07) is 2.14. The van der Waals surface area contributed by atoms with Crippen LogP contribution in [-0.2, 0) is 15.7 Å². The molecule has 1 N–H and O–H groups in total. The highest BCUT2D eigenvalue weighted by molar-refractivity contribution is 5.79.